The van der Waals surface area contributed by atoms with Crippen molar-refractivity contribution in [1.29, 1.82) is 0 Å². The molecule has 0 bridgehead atoms. The lowest BCUT2D eigenvalue weighted by atomic mass is 10.1. The number of hydrogen-bond donors (Lipinski definition) is 0. The molecule has 0 spiro atoms. The van der Waals surface area contributed by atoms with Gasteiger partial charge in [-0.2, -0.15) is 0 Å². The Hall–Kier alpha value is -1.84. The van der Waals surface area contributed by atoms with Gasteiger partial charge in [-0.25, -0.2) is 4.39 Å². The van der Waals surface area contributed by atoms with Crippen LogP contribution < -0.4 is 4.74 Å². The fourth-order valence-electron chi connectivity index (χ4n) is 2.15. The first-order valence-electron chi connectivity index (χ1n) is 6.47. The lowest BCUT2D eigenvalue weighted by Gasteiger charge is -2.16. The number of amides is 1. The van der Waals surface area contributed by atoms with Crippen molar-refractivity contribution < 1.29 is 13.9 Å². The third-order valence-electron chi connectivity index (χ3n) is 3.23. The summed E-state index contributed by atoms with van der Waals surface area (Å²) < 4.78 is 18.2. The second-order valence-corrected chi connectivity index (χ2v) is 4.70. The molecule has 0 saturated carbocycles. The quantitative estimate of drug-likeness (QED) is 0.583. The summed E-state index contributed by atoms with van der Waals surface area (Å²) in [4.78, 5) is 13.5. The van der Waals surface area contributed by atoms with Gasteiger partial charge in [-0.1, -0.05) is 6.08 Å². The van der Waals surface area contributed by atoms with Gasteiger partial charge in [0.1, 0.15) is 11.6 Å². The Morgan fingerprint density at radius 1 is 1.42 bits per heavy atom. The van der Waals surface area contributed by atoms with E-state index in [1.54, 1.807) is 12.1 Å². The number of carbonyl (C=O) groups excluding carboxylic acids is 1. The summed E-state index contributed by atoms with van der Waals surface area (Å²) in [6.07, 6.45) is 3.18. The molecule has 0 aromatic heterocycles. The van der Waals surface area contributed by atoms with Crippen LogP contribution in [-0.4, -0.2) is 30.5 Å². The molecular formula is C15H18FNO2. The zero-order valence-electron chi connectivity index (χ0n) is 10.8. The molecule has 1 saturated heterocycles. The Morgan fingerprint density at radius 3 is 2.79 bits per heavy atom. The van der Waals surface area contributed by atoms with E-state index < -0.39 is 0 Å². The van der Waals surface area contributed by atoms with E-state index in [4.69, 9.17) is 4.74 Å². The zero-order chi connectivity index (χ0) is 13.7. The van der Waals surface area contributed by atoms with E-state index in [2.05, 4.69) is 6.58 Å². The van der Waals surface area contributed by atoms with Crippen LogP contribution in [0.3, 0.4) is 0 Å². The van der Waals surface area contributed by atoms with Crippen molar-refractivity contribution in [3.05, 3.63) is 42.7 Å². The van der Waals surface area contributed by atoms with E-state index >= 15 is 0 Å². The van der Waals surface area contributed by atoms with Crippen molar-refractivity contribution in [3.63, 3.8) is 0 Å². The average molecular weight is 263 g/mol. The van der Waals surface area contributed by atoms with Crippen molar-refractivity contribution >= 4 is 5.91 Å². The van der Waals surface area contributed by atoms with Crippen molar-refractivity contribution in [3.8, 4) is 5.75 Å². The van der Waals surface area contributed by atoms with Crippen LogP contribution in [0.2, 0.25) is 0 Å². The maximum atomic E-state index is 12.7. The van der Waals surface area contributed by atoms with Crippen LogP contribution in [0.4, 0.5) is 4.39 Å². The van der Waals surface area contributed by atoms with Gasteiger partial charge in [-0.3, -0.25) is 4.79 Å². The third-order valence-corrected chi connectivity index (χ3v) is 3.23. The predicted octanol–water partition coefficient (Wildman–Crippen LogP) is 2.63. The van der Waals surface area contributed by atoms with Crippen LogP contribution in [0.1, 0.15) is 12.8 Å². The summed E-state index contributed by atoms with van der Waals surface area (Å²) >= 11 is 0. The monoisotopic (exact) mass is 263 g/mol. The maximum Gasteiger partial charge on any atom is 0.223 e. The molecule has 1 fully saturated rings. The van der Waals surface area contributed by atoms with Crippen molar-refractivity contribution in [2.45, 2.75) is 12.8 Å². The fourth-order valence-corrected chi connectivity index (χ4v) is 2.15. The lowest BCUT2D eigenvalue weighted by Crippen LogP contribution is -2.27. The predicted molar refractivity (Wildman–Crippen MR) is 71.4 cm³/mol. The Labute approximate surface area is 112 Å². The van der Waals surface area contributed by atoms with Gasteiger partial charge in [0.25, 0.3) is 0 Å². The van der Waals surface area contributed by atoms with E-state index in [0.717, 1.165) is 13.0 Å². The topological polar surface area (TPSA) is 29.5 Å². The number of benzene rings is 1. The molecule has 1 aromatic carbocycles. The van der Waals surface area contributed by atoms with Gasteiger partial charge < -0.3 is 9.64 Å². The number of rotatable bonds is 6. The minimum atomic E-state index is -0.273. The highest BCUT2D eigenvalue weighted by Crippen LogP contribution is 2.18. The van der Waals surface area contributed by atoms with E-state index in [9.17, 15) is 9.18 Å². The molecule has 1 amide bonds. The second-order valence-electron chi connectivity index (χ2n) is 4.70. The molecule has 19 heavy (non-hydrogen) atoms. The van der Waals surface area contributed by atoms with Gasteiger partial charge in [0, 0.05) is 25.4 Å². The molecule has 1 aliphatic heterocycles. The fraction of sp³-hybridized carbons (Fsp3) is 0.400. The number of ether oxygens (including phenoxy) is 1. The largest absolute Gasteiger partial charge is 0.494 e. The van der Waals surface area contributed by atoms with Crippen LogP contribution >= 0.6 is 0 Å². The summed E-state index contributed by atoms with van der Waals surface area (Å²) in [5.41, 5.74) is 0. The Kier molecular flexibility index (Phi) is 4.55. The van der Waals surface area contributed by atoms with Gasteiger partial charge in [0.15, 0.2) is 0 Å². The molecule has 0 aliphatic carbocycles. The molecule has 2 rings (SSSR count). The van der Waals surface area contributed by atoms with E-state index in [-0.39, 0.29) is 17.6 Å². The lowest BCUT2D eigenvalue weighted by molar-refractivity contribution is -0.127. The maximum absolute atomic E-state index is 12.7. The first kappa shape index (κ1) is 13.6. The molecule has 1 unspecified atom stereocenters. The molecule has 1 aromatic rings. The summed E-state index contributed by atoms with van der Waals surface area (Å²) in [7, 11) is 0. The Morgan fingerprint density at radius 2 is 2.16 bits per heavy atom. The van der Waals surface area contributed by atoms with Crippen LogP contribution in [0.15, 0.2) is 36.9 Å². The van der Waals surface area contributed by atoms with Crippen LogP contribution in [-0.2, 0) is 4.79 Å². The number of halogens is 1. The van der Waals surface area contributed by atoms with E-state index in [1.165, 1.54) is 12.1 Å². The number of hydrogen-bond acceptors (Lipinski definition) is 2. The van der Waals surface area contributed by atoms with Crippen molar-refractivity contribution in [1.82, 2.24) is 4.90 Å². The summed E-state index contributed by atoms with van der Waals surface area (Å²) in [6, 6.07) is 5.94. The van der Waals surface area contributed by atoms with Crippen LogP contribution in [0.5, 0.6) is 5.75 Å². The number of likely N-dealkylation sites (tertiary alicyclic amines) is 1. The molecule has 102 valence electrons. The first-order chi connectivity index (χ1) is 9.19. The van der Waals surface area contributed by atoms with Crippen molar-refractivity contribution in [2.75, 3.05) is 19.7 Å². The smallest absolute Gasteiger partial charge is 0.223 e. The van der Waals surface area contributed by atoms with Gasteiger partial charge >= 0.3 is 0 Å². The summed E-state index contributed by atoms with van der Waals surface area (Å²) in [5, 5.41) is 0. The first-order valence-corrected chi connectivity index (χ1v) is 6.47. The SMILES string of the molecule is C=CC1CC(=O)N(CCCOc2ccc(F)cc2)C1. The Balaban J connectivity index is 1.68. The highest BCUT2D eigenvalue weighted by Gasteiger charge is 2.26. The minimum Gasteiger partial charge on any atom is -0.494 e. The van der Waals surface area contributed by atoms with Crippen LogP contribution in [0.25, 0.3) is 0 Å². The molecule has 4 heteroatoms. The molecular weight excluding hydrogens is 245 g/mol. The van der Waals surface area contributed by atoms with Crippen molar-refractivity contribution in [2.24, 2.45) is 5.92 Å². The molecule has 1 heterocycles. The highest BCUT2D eigenvalue weighted by atomic mass is 19.1. The zero-order valence-corrected chi connectivity index (χ0v) is 10.8. The standard InChI is InChI=1S/C15H18FNO2/c1-2-12-10-15(18)17(11-12)8-3-9-19-14-6-4-13(16)5-7-14/h2,4-7,12H,1,3,8-11H2. The molecule has 0 radical (unpaired) electrons. The number of nitrogens with zero attached hydrogens (tertiary/aromatic N) is 1. The molecule has 1 atom stereocenters. The van der Waals surface area contributed by atoms with Gasteiger partial charge in [-0.05, 0) is 30.7 Å². The Bertz CT molecular complexity index is 444. The average Bonchev–Trinajstić information content (AvgIpc) is 2.77. The molecule has 0 N–H and O–H groups in total. The summed E-state index contributed by atoms with van der Waals surface area (Å²) in [5.74, 6) is 0.848. The number of carbonyl (C=O) groups is 1. The second kappa shape index (κ2) is 6.36. The van der Waals surface area contributed by atoms with Gasteiger partial charge in [-0.15, -0.1) is 6.58 Å². The summed E-state index contributed by atoms with van der Waals surface area (Å²) in [6.45, 7) is 5.70. The molecule has 3 nitrogen and oxygen atoms in total. The van der Waals surface area contributed by atoms with Crippen LogP contribution in [0, 0.1) is 11.7 Å². The highest BCUT2D eigenvalue weighted by molar-refractivity contribution is 5.78. The van der Waals surface area contributed by atoms with E-state index in [1.807, 2.05) is 11.0 Å². The van der Waals surface area contributed by atoms with Gasteiger partial charge in [0.05, 0.1) is 6.61 Å². The third kappa shape index (κ3) is 3.81. The van der Waals surface area contributed by atoms with E-state index in [0.29, 0.717) is 25.3 Å². The molecule has 1 aliphatic rings. The van der Waals surface area contributed by atoms with Gasteiger partial charge in [0.2, 0.25) is 5.91 Å². The normalized spacial score (nSPS) is 18.7. The minimum absolute atomic E-state index is 0.187.